The number of aryl methyl sites for hydroxylation is 1. The van der Waals surface area contributed by atoms with Gasteiger partial charge in [0.2, 0.25) is 0 Å². The molecule has 136 valence electrons. The molecule has 1 fully saturated rings. The van der Waals surface area contributed by atoms with Crippen LogP contribution in [-0.2, 0) is 0 Å². The zero-order chi connectivity index (χ0) is 17.1. The Morgan fingerprint density at radius 2 is 2.04 bits per heavy atom. The van der Waals surface area contributed by atoms with Crippen LogP contribution in [0.4, 0.5) is 0 Å². The van der Waals surface area contributed by atoms with Crippen LogP contribution in [0.1, 0.15) is 53.1 Å². The van der Waals surface area contributed by atoms with Gasteiger partial charge in [-0.25, -0.2) is 0 Å². The number of rotatable bonds is 5. The molecule has 25 heavy (non-hydrogen) atoms. The fraction of sp³-hybridized carbons (Fsp3) is 0.450. The lowest BCUT2D eigenvalue weighted by Crippen LogP contribution is -2.37. The van der Waals surface area contributed by atoms with Crippen LogP contribution in [0.15, 0.2) is 36.4 Å². The number of halogens is 1. The van der Waals surface area contributed by atoms with Gasteiger partial charge in [-0.05, 0) is 51.8 Å². The van der Waals surface area contributed by atoms with Crippen LogP contribution in [0.5, 0.6) is 0 Å². The number of amides is 1. The fourth-order valence-electron chi connectivity index (χ4n) is 3.73. The summed E-state index contributed by atoms with van der Waals surface area (Å²) < 4.78 is 2.25. The average molecular weight is 362 g/mol. The molecule has 0 saturated carbocycles. The number of hydrogen-bond donors (Lipinski definition) is 2. The summed E-state index contributed by atoms with van der Waals surface area (Å²) in [6, 6.07) is 13.0. The first-order chi connectivity index (χ1) is 11.6. The van der Waals surface area contributed by atoms with Gasteiger partial charge in [-0.2, -0.15) is 0 Å². The number of nitrogens with zero attached hydrogens (tertiary/aromatic N) is 1. The molecule has 1 saturated heterocycles. The van der Waals surface area contributed by atoms with Gasteiger partial charge in [0, 0.05) is 24.0 Å². The molecule has 2 unspecified atom stereocenters. The van der Waals surface area contributed by atoms with Gasteiger partial charge in [-0.3, -0.25) is 4.79 Å². The largest absolute Gasteiger partial charge is 0.350 e. The Kier molecular flexibility index (Phi) is 6.68. The van der Waals surface area contributed by atoms with Crippen LogP contribution in [0, 0.1) is 13.8 Å². The second-order valence-corrected chi connectivity index (χ2v) is 6.74. The SMILES string of the molecule is Cc1cc(C(=O)NCC2CCCN2)c(C)n1C(C)c1ccccc1.Cl. The van der Waals surface area contributed by atoms with Crippen LogP contribution in [0.25, 0.3) is 0 Å². The highest BCUT2D eigenvalue weighted by atomic mass is 35.5. The quantitative estimate of drug-likeness (QED) is 0.854. The maximum atomic E-state index is 12.6. The molecule has 2 aromatic rings. The number of benzene rings is 1. The maximum Gasteiger partial charge on any atom is 0.253 e. The molecule has 5 heteroatoms. The first kappa shape index (κ1) is 19.5. The molecule has 4 nitrogen and oxygen atoms in total. The van der Waals surface area contributed by atoms with Crippen molar-refractivity contribution in [3.05, 3.63) is 58.9 Å². The molecular formula is C20H28ClN3O. The van der Waals surface area contributed by atoms with Crippen molar-refractivity contribution < 1.29 is 4.79 Å². The molecule has 1 amide bonds. The lowest BCUT2D eigenvalue weighted by atomic mass is 10.1. The van der Waals surface area contributed by atoms with Gasteiger partial charge in [-0.1, -0.05) is 30.3 Å². The molecule has 1 aliphatic heterocycles. The monoisotopic (exact) mass is 361 g/mol. The van der Waals surface area contributed by atoms with Crippen molar-refractivity contribution in [2.24, 2.45) is 0 Å². The standard InChI is InChI=1S/C20H27N3O.ClH/c1-14-12-19(20(24)22-13-18-10-7-11-21-18)16(3)23(14)15(2)17-8-5-4-6-9-17;/h4-6,8-9,12,15,18,21H,7,10-11,13H2,1-3H3,(H,22,24);1H. The number of carbonyl (C=O) groups excluding carboxylic acids is 1. The first-order valence-electron chi connectivity index (χ1n) is 8.83. The summed E-state index contributed by atoms with van der Waals surface area (Å²) in [4.78, 5) is 12.6. The molecule has 0 aliphatic carbocycles. The summed E-state index contributed by atoms with van der Waals surface area (Å²) in [5.41, 5.74) is 4.18. The Bertz CT molecular complexity index is 705. The van der Waals surface area contributed by atoms with Gasteiger partial charge in [0.15, 0.2) is 0 Å². The molecule has 0 spiro atoms. The molecule has 1 aliphatic rings. The molecule has 3 rings (SSSR count). The third-order valence-electron chi connectivity index (χ3n) is 5.07. The van der Waals surface area contributed by atoms with Crippen LogP contribution in [-0.4, -0.2) is 29.6 Å². The highest BCUT2D eigenvalue weighted by Crippen LogP contribution is 2.25. The second-order valence-electron chi connectivity index (χ2n) is 6.74. The molecule has 2 atom stereocenters. The molecule has 1 aromatic heterocycles. The molecule has 1 aromatic carbocycles. The Labute approximate surface area is 156 Å². The number of hydrogen-bond acceptors (Lipinski definition) is 2. The van der Waals surface area contributed by atoms with Crippen molar-refractivity contribution in [3.63, 3.8) is 0 Å². The summed E-state index contributed by atoms with van der Waals surface area (Å²) in [5.74, 6) is 0.0308. The summed E-state index contributed by atoms with van der Waals surface area (Å²) in [7, 11) is 0. The lowest BCUT2D eigenvalue weighted by molar-refractivity contribution is 0.0949. The van der Waals surface area contributed by atoms with Crippen LogP contribution in [0.3, 0.4) is 0 Å². The van der Waals surface area contributed by atoms with Crippen molar-refractivity contribution in [2.75, 3.05) is 13.1 Å². The van der Waals surface area contributed by atoms with E-state index >= 15 is 0 Å². The zero-order valence-corrected chi connectivity index (χ0v) is 16.0. The Morgan fingerprint density at radius 1 is 1.32 bits per heavy atom. The van der Waals surface area contributed by atoms with Gasteiger partial charge in [0.05, 0.1) is 11.6 Å². The van der Waals surface area contributed by atoms with Crippen molar-refractivity contribution in [2.45, 2.75) is 45.7 Å². The third kappa shape index (κ3) is 4.25. The molecule has 2 heterocycles. The average Bonchev–Trinajstić information content (AvgIpc) is 3.21. The van der Waals surface area contributed by atoms with Crippen LogP contribution >= 0.6 is 12.4 Å². The van der Waals surface area contributed by atoms with E-state index in [0.717, 1.165) is 29.9 Å². The minimum Gasteiger partial charge on any atom is -0.350 e. The minimum atomic E-state index is 0. The highest BCUT2D eigenvalue weighted by Gasteiger charge is 2.21. The van der Waals surface area contributed by atoms with Crippen molar-refractivity contribution in [1.82, 2.24) is 15.2 Å². The van der Waals surface area contributed by atoms with Gasteiger partial charge < -0.3 is 15.2 Å². The van der Waals surface area contributed by atoms with Crippen molar-refractivity contribution in [1.29, 1.82) is 0 Å². The molecule has 0 radical (unpaired) electrons. The third-order valence-corrected chi connectivity index (χ3v) is 5.07. The van der Waals surface area contributed by atoms with Crippen LogP contribution in [0.2, 0.25) is 0 Å². The van der Waals surface area contributed by atoms with E-state index in [0.29, 0.717) is 12.6 Å². The lowest BCUT2D eigenvalue weighted by Gasteiger charge is -2.19. The highest BCUT2D eigenvalue weighted by molar-refractivity contribution is 5.95. The van der Waals surface area contributed by atoms with Crippen molar-refractivity contribution in [3.8, 4) is 0 Å². The Morgan fingerprint density at radius 3 is 2.68 bits per heavy atom. The smallest absolute Gasteiger partial charge is 0.253 e. The summed E-state index contributed by atoms with van der Waals surface area (Å²) in [6.07, 6.45) is 2.34. The summed E-state index contributed by atoms with van der Waals surface area (Å²) >= 11 is 0. The first-order valence-corrected chi connectivity index (χ1v) is 8.83. The van der Waals surface area contributed by atoms with Gasteiger partial charge >= 0.3 is 0 Å². The summed E-state index contributed by atoms with van der Waals surface area (Å²) in [6.45, 7) is 8.05. The molecule has 0 bridgehead atoms. The van der Waals surface area contributed by atoms with E-state index in [1.807, 2.05) is 19.1 Å². The predicted octanol–water partition coefficient (Wildman–Crippen LogP) is 3.62. The minimum absolute atomic E-state index is 0. The van der Waals surface area contributed by atoms with E-state index in [2.05, 4.69) is 53.3 Å². The van der Waals surface area contributed by atoms with Gasteiger partial charge in [0.25, 0.3) is 5.91 Å². The summed E-state index contributed by atoms with van der Waals surface area (Å²) in [5, 5.41) is 6.50. The van der Waals surface area contributed by atoms with E-state index in [9.17, 15) is 4.79 Å². The van der Waals surface area contributed by atoms with E-state index in [-0.39, 0.29) is 24.4 Å². The topological polar surface area (TPSA) is 46.1 Å². The van der Waals surface area contributed by atoms with Gasteiger partial charge in [0.1, 0.15) is 0 Å². The Hall–Kier alpha value is -1.78. The number of carbonyl (C=O) groups is 1. The number of aromatic nitrogens is 1. The normalized spacial score (nSPS) is 17.8. The van der Waals surface area contributed by atoms with E-state index in [4.69, 9.17) is 0 Å². The van der Waals surface area contributed by atoms with Crippen LogP contribution < -0.4 is 10.6 Å². The Balaban J connectivity index is 0.00000225. The van der Waals surface area contributed by atoms with Gasteiger partial charge in [-0.15, -0.1) is 12.4 Å². The fourth-order valence-corrected chi connectivity index (χ4v) is 3.73. The second kappa shape index (κ2) is 8.54. The molecular weight excluding hydrogens is 334 g/mol. The molecule has 2 N–H and O–H groups in total. The van der Waals surface area contributed by atoms with E-state index in [1.165, 1.54) is 12.0 Å². The maximum absolute atomic E-state index is 12.6. The zero-order valence-electron chi connectivity index (χ0n) is 15.2. The number of nitrogens with one attached hydrogen (secondary N) is 2. The predicted molar refractivity (Wildman–Crippen MR) is 105 cm³/mol. The van der Waals surface area contributed by atoms with Crippen molar-refractivity contribution >= 4 is 18.3 Å². The van der Waals surface area contributed by atoms with E-state index < -0.39 is 0 Å². The van der Waals surface area contributed by atoms with E-state index in [1.54, 1.807) is 0 Å².